The number of fused-ring (bicyclic) bond motifs is 3. The van der Waals surface area contributed by atoms with Gasteiger partial charge in [-0.25, -0.2) is 4.99 Å². The Hall–Kier alpha value is -4.53. The Labute approximate surface area is 177 Å². The largest absolute Gasteiger partial charge is 0.507 e. The summed E-state index contributed by atoms with van der Waals surface area (Å²) in [5.41, 5.74) is 19.1. The smallest absolute Gasteiger partial charge is 0.259 e. The molecule has 8 N–H and O–H groups in total. The summed E-state index contributed by atoms with van der Waals surface area (Å²) in [6.07, 6.45) is 0. The van der Waals surface area contributed by atoms with Gasteiger partial charge in [0.05, 0.1) is 22.5 Å². The molecule has 1 amide bonds. The maximum atomic E-state index is 13.0. The van der Waals surface area contributed by atoms with Gasteiger partial charge in [0.2, 0.25) is 5.96 Å². The molecule has 0 radical (unpaired) electrons. The molecule has 9 heteroatoms. The molecule has 0 unspecified atom stereocenters. The van der Waals surface area contributed by atoms with Crippen LogP contribution in [0.4, 0.5) is 11.4 Å². The quantitative estimate of drug-likeness (QED) is 0.257. The first-order valence-corrected chi connectivity index (χ1v) is 9.39. The number of phenolic OH excluding ortho intramolecular Hbond substituents is 1. The lowest BCUT2D eigenvalue weighted by Gasteiger charge is -2.10. The normalized spacial score (nSPS) is 11.6. The number of rotatable bonds is 3. The van der Waals surface area contributed by atoms with E-state index in [1.807, 2.05) is 35.9 Å². The maximum Gasteiger partial charge on any atom is 0.259 e. The Bertz CT molecular complexity index is 1380. The predicted octanol–water partition coefficient (Wildman–Crippen LogP) is 2.51. The maximum absolute atomic E-state index is 13.0. The number of nitrogens with two attached hydrogens (primary N) is 3. The van der Waals surface area contributed by atoms with Crippen molar-refractivity contribution in [2.75, 3.05) is 5.32 Å². The Morgan fingerprint density at radius 1 is 0.968 bits per heavy atom. The third kappa shape index (κ3) is 3.71. The number of guanidine groups is 2. The van der Waals surface area contributed by atoms with E-state index in [9.17, 15) is 9.90 Å². The third-order valence-electron chi connectivity index (χ3n) is 4.91. The van der Waals surface area contributed by atoms with Gasteiger partial charge in [-0.2, -0.15) is 4.99 Å². The molecule has 1 heterocycles. The lowest BCUT2D eigenvalue weighted by Crippen LogP contribution is -2.26. The number of aromatic nitrogens is 1. The zero-order valence-electron chi connectivity index (χ0n) is 16.7. The summed E-state index contributed by atoms with van der Waals surface area (Å²) in [5.74, 6) is -0.995. The van der Waals surface area contributed by atoms with Crippen LogP contribution in [0.1, 0.15) is 10.4 Å². The highest BCUT2D eigenvalue weighted by atomic mass is 16.3. The number of aliphatic imine (C=N–C) groups is 2. The van der Waals surface area contributed by atoms with Crippen LogP contribution in [0, 0.1) is 0 Å². The number of hydrogen-bond donors (Lipinski definition) is 5. The monoisotopic (exact) mass is 415 g/mol. The van der Waals surface area contributed by atoms with Gasteiger partial charge in [0.15, 0.2) is 5.96 Å². The van der Waals surface area contributed by atoms with Crippen LogP contribution in [-0.4, -0.2) is 27.5 Å². The molecule has 0 saturated carbocycles. The minimum Gasteiger partial charge on any atom is -0.507 e. The number of phenols is 1. The second kappa shape index (κ2) is 7.71. The molecule has 9 nitrogen and oxygen atoms in total. The van der Waals surface area contributed by atoms with Gasteiger partial charge in [-0.15, -0.1) is 0 Å². The van der Waals surface area contributed by atoms with E-state index >= 15 is 0 Å². The molecule has 31 heavy (non-hydrogen) atoms. The van der Waals surface area contributed by atoms with Gasteiger partial charge >= 0.3 is 0 Å². The van der Waals surface area contributed by atoms with E-state index in [0.29, 0.717) is 11.4 Å². The molecule has 0 aliphatic carbocycles. The van der Waals surface area contributed by atoms with Crippen LogP contribution >= 0.6 is 0 Å². The van der Waals surface area contributed by atoms with E-state index in [0.717, 1.165) is 21.8 Å². The Kier molecular flexibility index (Phi) is 4.92. The summed E-state index contributed by atoms with van der Waals surface area (Å²) in [7, 11) is 1.92. The lowest BCUT2D eigenvalue weighted by atomic mass is 10.1. The highest BCUT2D eigenvalue weighted by Gasteiger charge is 2.17. The molecular weight excluding hydrogens is 394 g/mol. The van der Waals surface area contributed by atoms with E-state index in [1.165, 1.54) is 0 Å². The molecule has 3 aromatic carbocycles. The molecule has 0 spiro atoms. The number of para-hydroxylation sites is 3. The first-order valence-electron chi connectivity index (χ1n) is 9.39. The fourth-order valence-electron chi connectivity index (χ4n) is 3.52. The molecule has 0 bridgehead atoms. The number of hydrogen-bond acceptors (Lipinski definition) is 3. The Morgan fingerprint density at radius 2 is 1.68 bits per heavy atom. The number of amides is 1. The summed E-state index contributed by atoms with van der Waals surface area (Å²) >= 11 is 0. The van der Waals surface area contributed by atoms with Gasteiger partial charge in [-0.05, 0) is 24.3 Å². The van der Waals surface area contributed by atoms with Crippen LogP contribution in [0.15, 0.2) is 70.6 Å². The van der Waals surface area contributed by atoms with E-state index in [-0.39, 0.29) is 23.2 Å². The van der Waals surface area contributed by atoms with Crippen molar-refractivity contribution in [3.8, 4) is 5.75 Å². The van der Waals surface area contributed by atoms with Crippen LogP contribution in [0.3, 0.4) is 0 Å². The van der Waals surface area contributed by atoms with E-state index in [4.69, 9.17) is 17.2 Å². The van der Waals surface area contributed by atoms with E-state index in [1.54, 1.807) is 36.4 Å². The summed E-state index contributed by atoms with van der Waals surface area (Å²) in [6, 6.07) is 17.9. The minimum atomic E-state index is -0.490. The lowest BCUT2D eigenvalue weighted by molar-refractivity contribution is 0.102. The van der Waals surface area contributed by atoms with Crippen molar-refractivity contribution in [3.63, 3.8) is 0 Å². The summed E-state index contributed by atoms with van der Waals surface area (Å²) < 4.78 is 1.97. The fourth-order valence-corrected chi connectivity index (χ4v) is 3.52. The topological polar surface area (TPSA) is 157 Å². The van der Waals surface area contributed by atoms with Crippen molar-refractivity contribution in [2.24, 2.45) is 34.2 Å². The average molecular weight is 415 g/mol. The molecule has 4 aromatic rings. The number of aryl methyl sites for hydroxylation is 1. The number of nitrogens with zero attached hydrogens (tertiary/aromatic N) is 3. The molecular formula is C22H21N7O2. The average Bonchev–Trinajstić information content (AvgIpc) is 3.00. The molecule has 0 aliphatic heterocycles. The first kappa shape index (κ1) is 19.8. The predicted molar refractivity (Wildman–Crippen MR) is 124 cm³/mol. The second-order valence-corrected chi connectivity index (χ2v) is 6.94. The summed E-state index contributed by atoms with van der Waals surface area (Å²) in [4.78, 5) is 20.8. The summed E-state index contributed by atoms with van der Waals surface area (Å²) in [5, 5.41) is 15.2. The van der Waals surface area contributed by atoms with Crippen LogP contribution in [0.25, 0.3) is 21.8 Å². The van der Waals surface area contributed by atoms with Crippen molar-refractivity contribution in [1.82, 2.24) is 4.57 Å². The van der Waals surface area contributed by atoms with Crippen molar-refractivity contribution >= 4 is 51.0 Å². The third-order valence-corrected chi connectivity index (χ3v) is 4.91. The van der Waals surface area contributed by atoms with Crippen LogP contribution < -0.4 is 22.5 Å². The molecule has 0 saturated heterocycles. The number of carbonyl (C=O) groups is 1. The van der Waals surface area contributed by atoms with Crippen molar-refractivity contribution < 1.29 is 9.90 Å². The fraction of sp³-hybridized carbons (Fsp3) is 0.0455. The Balaban J connectivity index is 1.74. The van der Waals surface area contributed by atoms with Crippen molar-refractivity contribution in [1.29, 1.82) is 0 Å². The number of benzene rings is 3. The Morgan fingerprint density at radius 3 is 2.45 bits per heavy atom. The first-order chi connectivity index (χ1) is 14.8. The number of aromatic hydroxyl groups is 1. The number of nitrogens with one attached hydrogen (secondary N) is 1. The van der Waals surface area contributed by atoms with Gasteiger partial charge in [0.25, 0.3) is 5.91 Å². The molecule has 0 atom stereocenters. The molecule has 156 valence electrons. The highest BCUT2D eigenvalue weighted by molar-refractivity contribution is 6.14. The van der Waals surface area contributed by atoms with Crippen LogP contribution in [-0.2, 0) is 7.05 Å². The molecule has 0 aliphatic rings. The zero-order chi connectivity index (χ0) is 22.1. The van der Waals surface area contributed by atoms with Crippen molar-refractivity contribution in [2.45, 2.75) is 0 Å². The van der Waals surface area contributed by atoms with Gasteiger partial charge in [-0.3, -0.25) is 4.79 Å². The van der Waals surface area contributed by atoms with Crippen LogP contribution in [0.5, 0.6) is 5.75 Å². The van der Waals surface area contributed by atoms with E-state index < -0.39 is 5.91 Å². The van der Waals surface area contributed by atoms with Crippen molar-refractivity contribution in [3.05, 3.63) is 66.2 Å². The van der Waals surface area contributed by atoms with E-state index in [2.05, 4.69) is 15.3 Å². The minimum absolute atomic E-state index is 0.128. The summed E-state index contributed by atoms with van der Waals surface area (Å²) in [6.45, 7) is 0. The standard InChI is InChI=1S/C22H21N7O2/c1-29-17-9-5-2-6-12(17)13-10-14(19(30)11-18(13)29)20(31)26-15-7-3-4-8-16(15)27-22(25)28-21(23)24/h2-11,30H,1H3,(H,26,31)(H6,23,24,25,27,28). The van der Waals surface area contributed by atoms with Crippen LogP contribution in [0.2, 0.25) is 0 Å². The highest BCUT2D eigenvalue weighted by Crippen LogP contribution is 2.33. The second-order valence-electron chi connectivity index (χ2n) is 6.94. The molecule has 0 fully saturated rings. The van der Waals surface area contributed by atoms with Gasteiger partial charge in [-0.1, -0.05) is 30.3 Å². The number of carbonyl (C=O) groups excluding carboxylic acids is 1. The number of anilines is 1. The van der Waals surface area contributed by atoms with Gasteiger partial charge in [0, 0.05) is 29.4 Å². The molecule has 1 aromatic heterocycles. The molecule has 4 rings (SSSR count). The van der Waals surface area contributed by atoms with Gasteiger partial charge < -0.3 is 32.2 Å². The SMILES string of the molecule is Cn1c2ccccc2c2cc(C(=O)Nc3ccccc3N=C(N)N=C(N)N)c(O)cc21. The van der Waals surface area contributed by atoms with Gasteiger partial charge in [0.1, 0.15) is 5.75 Å². The zero-order valence-corrected chi connectivity index (χ0v) is 16.7.